The SMILES string of the molecule is C[Si](C(N)=O)C1c2ccccc2-c2ccccc21. The Balaban J connectivity index is 2.24. The molecule has 0 saturated heterocycles. The first kappa shape index (κ1) is 11.2. The molecule has 0 aliphatic heterocycles. The number of nitrogens with two attached hydrogens (primary N) is 1. The van der Waals surface area contributed by atoms with Crippen molar-refractivity contribution in [3.63, 3.8) is 0 Å². The summed E-state index contributed by atoms with van der Waals surface area (Å²) in [5.41, 5.74) is 10.6. The third-order valence-corrected chi connectivity index (χ3v) is 5.92. The molecule has 1 radical (unpaired) electrons. The number of fused-ring (bicyclic) bond motifs is 3. The van der Waals surface area contributed by atoms with Crippen LogP contribution in [0.2, 0.25) is 6.55 Å². The number of rotatable bonds is 2. The summed E-state index contributed by atoms with van der Waals surface area (Å²) in [4.78, 5) is 11.6. The van der Waals surface area contributed by atoms with E-state index in [0.717, 1.165) is 0 Å². The Kier molecular flexibility index (Phi) is 2.56. The second-order valence-corrected chi connectivity index (χ2v) is 7.09. The predicted octanol–water partition coefficient (Wildman–Crippen LogP) is 3.12. The van der Waals surface area contributed by atoms with E-state index in [-0.39, 0.29) is 11.1 Å². The number of hydrogen-bond donors (Lipinski definition) is 1. The zero-order valence-corrected chi connectivity index (χ0v) is 11.2. The summed E-state index contributed by atoms with van der Waals surface area (Å²) in [6, 6.07) is 16.7. The molecule has 0 unspecified atom stereocenters. The molecule has 1 amide bonds. The fourth-order valence-corrected chi connectivity index (χ4v) is 4.49. The zero-order chi connectivity index (χ0) is 12.7. The number of primary amides is 1. The number of hydrogen-bond acceptors (Lipinski definition) is 1. The smallest absolute Gasteiger partial charge is 0.188 e. The summed E-state index contributed by atoms with van der Waals surface area (Å²) < 4.78 is 0. The fraction of sp³-hybridized carbons (Fsp3) is 0.133. The maximum Gasteiger partial charge on any atom is 0.188 e. The molecular weight excluding hydrogens is 238 g/mol. The molecule has 3 heteroatoms. The van der Waals surface area contributed by atoms with Crippen molar-refractivity contribution in [3.05, 3.63) is 59.7 Å². The summed E-state index contributed by atoms with van der Waals surface area (Å²) in [5, 5.41) is 0. The van der Waals surface area contributed by atoms with E-state index < -0.39 is 8.80 Å². The van der Waals surface area contributed by atoms with Crippen LogP contribution in [0, 0.1) is 0 Å². The molecule has 1 aliphatic rings. The lowest BCUT2D eigenvalue weighted by Crippen LogP contribution is -2.34. The lowest BCUT2D eigenvalue weighted by molar-refractivity contribution is 0.265. The number of amides is 1. The molecule has 2 aromatic carbocycles. The predicted molar refractivity (Wildman–Crippen MR) is 74.9 cm³/mol. The van der Waals surface area contributed by atoms with Crippen LogP contribution in [0.3, 0.4) is 0 Å². The highest BCUT2D eigenvalue weighted by atomic mass is 28.3. The third kappa shape index (κ3) is 1.51. The Bertz CT molecular complexity index is 578. The minimum atomic E-state index is -1.27. The van der Waals surface area contributed by atoms with Gasteiger partial charge < -0.3 is 5.73 Å². The molecule has 2 nitrogen and oxygen atoms in total. The minimum Gasteiger partial charge on any atom is -0.374 e. The van der Waals surface area contributed by atoms with E-state index in [1.54, 1.807) is 0 Å². The van der Waals surface area contributed by atoms with Crippen LogP contribution in [0.15, 0.2) is 48.5 Å². The Morgan fingerprint density at radius 2 is 1.44 bits per heavy atom. The molecule has 0 fully saturated rings. The first-order valence-corrected chi connectivity index (χ1v) is 8.09. The van der Waals surface area contributed by atoms with E-state index in [2.05, 4.69) is 24.3 Å². The topological polar surface area (TPSA) is 43.1 Å². The van der Waals surface area contributed by atoms with Gasteiger partial charge in [-0.15, -0.1) is 0 Å². The van der Waals surface area contributed by atoms with Crippen LogP contribution in [0.25, 0.3) is 11.1 Å². The van der Waals surface area contributed by atoms with Crippen LogP contribution in [0.5, 0.6) is 0 Å². The van der Waals surface area contributed by atoms with Crippen LogP contribution >= 0.6 is 0 Å². The van der Waals surface area contributed by atoms with Crippen LogP contribution in [0.4, 0.5) is 4.79 Å². The first-order valence-electron chi connectivity index (χ1n) is 6.01. The molecule has 0 heterocycles. The molecule has 2 N–H and O–H groups in total. The summed E-state index contributed by atoms with van der Waals surface area (Å²) in [7, 11) is -1.27. The quantitative estimate of drug-likeness (QED) is 0.820. The van der Waals surface area contributed by atoms with Crippen molar-refractivity contribution in [2.45, 2.75) is 12.1 Å². The lowest BCUT2D eigenvalue weighted by Gasteiger charge is -2.16. The van der Waals surface area contributed by atoms with E-state index in [0.29, 0.717) is 0 Å². The van der Waals surface area contributed by atoms with E-state index in [4.69, 9.17) is 5.73 Å². The van der Waals surface area contributed by atoms with Crippen molar-refractivity contribution in [3.8, 4) is 11.1 Å². The molecule has 0 saturated carbocycles. The molecule has 89 valence electrons. The maximum absolute atomic E-state index is 11.6. The first-order chi connectivity index (χ1) is 8.70. The second-order valence-electron chi connectivity index (χ2n) is 4.65. The van der Waals surface area contributed by atoms with Gasteiger partial charge in [-0.2, -0.15) is 0 Å². The molecule has 0 atom stereocenters. The summed E-state index contributed by atoms with van der Waals surface area (Å²) in [6.07, 6.45) is 0. The van der Waals surface area contributed by atoms with Crippen LogP contribution in [-0.2, 0) is 0 Å². The van der Waals surface area contributed by atoms with Gasteiger partial charge in [-0.3, -0.25) is 4.79 Å². The Labute approximate surface area is 108 Å². The van der Waals surface area contributed by atoms with E-state index >= 15 is 0 Å². The summed E-state index contributed by atoms with van der Waals surface area (Å²) in [5.74, 6) is 0. The van der Waals surface area contributed by atoms with Crippen LogP contribution in [-0.4, -0.2) is 14.3 Å². The van der Waals surface area contributed by atoms with Crippen molar-refractivity contribution >= 4 is 14.3 Å². The number of carbonyl (C=O) groups excluding carboxylic acids is 1. The van der Waals surface area contributed by atoms with E-state index in [9.17, 15) is 4.79 Å². The average Bonchev–Trinajstić information content (AvgIpc) is 2.72. The van der Waals surface area contributed by atoms with Gasteiger partial charge in [0, 0.05) is 5.54 Å². The Hall–Kier alpha value is -1.87. The maximum atomic E-state index is 11.6. The molecule has 1 aliphatic carbocycles. The molecule has 0 bridgehead atoms. The van der Waals surface area contributed by atoms with Crippen LogP contribution in [0.1, 0.15) is 16.7 Å². The fourth-order valence-electron chi connectivity index (χ4n) is 2.76. The third-order valence-electron chi connectivity index (χ3n) is 3.66. The number of benzene rings is 2. The van der Waals surface area contributed by atoms with Crippen molar-refractivity contribution in [1.82, 2.24) is 0 Å². The number of carbonyl (C=O) groups is 1. The van der Waals surface area contributed by atoms with Gasteiger partial charge in [-0.05, 0) is 22.3 Å². The average molecular weight is 252 g/mol. The Morgan fingerprint density at radius 3 is 1.89 bits per heavy atom. The molecular formula is C15H14NOSi. The lowest BCUT2D eigenvalue weighted by atomic mass is 10.1. The van der Waals surface area contributed by atoms with E-state index in [1.165, 1.54) is 22.3 Å². The van der Waals surface area contributed by atoms with Gasteiger partial charge in [0.05, 0.1) is 0 Å². The van der Waals surface area contributed by atoms with Crippen molar-refractivity contribution < 1.29 is 4.79 Å². The molecule has 0 spiro atoms. The monoisotopic (exact) mass is 252 g/mol. The van der Waals surface area contributed by atoms with Crippen molar-refractivity contribution in [2.24, 2.45) is 5.73 Å². The van der Waals surface area contributed by atoms with Gasteiger partial charge in [0.15, 0.2) is 14.3 Å². The van der Waals surface area contributed by atoms with Gasteiger partial charge in [-0.1, -0.05) is 55.1 Å². The van der Waals surface area contributed by atoms with Gasteiger partial charge in [-0.25, -0.2) is 0 Å². The van der Waals surface area contributed by atoms with Gasteiger partial charge in [0.25, 0.3) is 0 Å². The van der Waals surface area contributed by atoms with Crippen molar-refractivity contribution in [2.75, 3.05) is 0 Å². The van der Waals surface area contributed by atoms with Gasteiger partial charge in [0.1, 0.15) is 0 Å². The zero-order valence-electron chi connectivity index (χ0n) is 10.2. The summed E-state index contributed by atoms with van der Waals surface area (Å²) in [6.45, 7) is 2.01. The van der Waals surface area contributed by atoms with Gasteiger partial charge >= 0.3 is 0 Å². The molecule has 18 heavy (non-hydrogen) atoms. The molecule has 3 rings (SSSR count). The standard InChI is InChI=1S/C15H14NOSi/c1-18(15(16)17)14-12-8-4-2-6-10(12)11-7-3-5-9-13(11)14/h2-9,14H,1H3,(H2,16,17). The van der Waals surface area contributed by atoms with E-state index in [1.807, 2.05) is 30.8 Å². The van der Waals surface area contributed by atoms with Crippen molar-refractivity contribution in [1.29, 1.82) is 0 Å². The molecule has 2 aromatic rings. The highest BCUT2D eigenvalue weighted by molar-refractivity contribution is 6.90. The highest BCUT2D eigenvalue weighted by Crippen LogP contribution is 2.45. The Morgan fingerprint density at radius 1 is 1.00 bits per heavy atom. The second kappa shape index (κ2) is 4.10. The summed E-state index contributed by atoms with van der Waals surface area (Å²) >= 11 is 0. The molecule has 0 aromatic heterocycles. The highest BCUT2D eigenvalue weighted by Gasteiger charge is 2.35. The van der Waals surface area contributed by atoms with Crippen LogP contribution < -0.4 is 5.73 Å². The minimum absolute atomic E-state index is 0.142. The van der Waals surface area contributed by atoms with Gasteiger partial charge in [0.2, 0.25) is 0 Å². The largest absolute Gasteiger partial charge is 0.374 e. The normalized spacial score (nSPS) is 13.4.